The average molecular weight is 465 g/mol. The number of ketones is 1. The van der Waals surface area contributed by atoms with Crippen molar-refractivity contribution < 1.29 is 29.0 Å². The first-order chi connectivity index (χ1) is 16.1. The summed E-state index contributed by atoms with van der Waals surface area (Å²) in [5.41, 5.74) is 3.19. The van der Waals surface area contributed by atoms with Gasteiger partial charge in [-0.2, -0.15) is 0 Å². The molecule has 1 aromatic rings. The van der Waals surface area contributed by atoms with Crippen LogP contribution in [0.2, 0.25) is 0 Å². The van der Waals surface area contributed by atoms with Gasteiger partial charge in [0.2, 0.25) is 5.78 Å². The number of nitrogens with zero attached hydrogens (tertiary/aromatic N) is 1. The van der Waals surface area contributed by atoms with E-state index in [9.17, 15) is 19.5 Å². The largest absolute Gasteiger partial charge is 0.506 e. The molecule has 0 amide bonds. The van der Waals surface area contributed by atoms with E-state index in [1.165, 1.54) is 0 Å². The Hall–Kier alpha value is -3.94. The molecule has 0 saturated heterocycles. The molecule has 1 aromatic heterocycles. The normalized spacial score (nSPS) is 17.5. The molecule has 2 aliphatic rings. The number of nitrogens with one attached hydrogen (secondary N) is 1. The van der Waals surface area contributed by atoms with Gasteiger partial charge in [-0.15, -0.1) is 13.2 Å². The van der Waals surface area contributed by atoms with Crippen molar-refractivity contribution in [3.8, 4) is 0 Å². The fraction of sp³-hybridized carbons (Fsp3) is 0.308. The van der Waals surface area contributed by atoms with Crippen LogP contribution in [-0.2, 0) is 19.1 Å². The SMILES string of the molecule is C=CCCOC(=O)C1=C(C)/C(=C2/C(=O)C(c3[nH]c(C)c(C(=O)OCCC=C)c3C)=C2O)N=C1C. The minimum atomic E-state index is -0.540. The molecule has 1 aliphatic heterocycles. The summed E-state index contributed by atoms with van der Waals surface area (Å²) >= 11 is 0. The quantitative estimate of drug-likeness (QED) is 0.242. The van der Waals surface area contributed by atoms with Crippen molar-refractivity contribution in [2.24, 2.45) is 4.99 Å². The van der Waals surface area contributed by atoms with Crippen molar-refractivity contribution in [2.75, 3.05) is 13.2 Å². The minimum Gasteiger partial charge on any atom is -0.506 e. The van der Waals surface area contributed by atoms with Gasteiger partial charge in [-0.3, -0.25) is 9.79 Å². The number of aromatic amines is 1. The summed E-state index contributed by atoms with van der Waals surface area (Å²) in [6.45, 7) is 14.3. The van der Waals surface area contributed by atoms with Gasteiger partial charge in [-0.05, 0) is 51.7 Å². The maximum atomic E-state index is 13.1. The zero-order valence-corrected chi connectivity index (χ0v) is 19.8. The number of aliphatic imine (C=N–C) groups is 1. The molecule has 0 spiro atoms. The fourth-order valence-corrected chi connectivity index (χ4v) is 4.02. The second-order valence-electron chi connectivity index (χ2n) is 8.03. The van der Waals surface area contributed by atoms with Gasteiger partial charge in [0.15, 0.2) is 0 Å². The molecule has 8 nitrogen and oxygen atoms in total. The predicted molar refractivity (Wildman–Crippen MR) is 129 cm³/mol. The lowest BCUT2D eigenvalue weighted by Crippen LogP contribution is -2.23. The Morgan fingerprint density at radius 1 is 1.00 bits per heavy atom. The summed E-state index contributed by atoms with van der Waals surface area (Å²) in [6, 6.07) is 0. The highest BCUT2D eigenvalue weighted by atomic mass is 16.5. The number of Topliss-reactive ketones (excluding diaryl/α,β-unsaturated/α-hetero) is 1. The number of esters is 2. The number of aromatic nitrogens is 1. The summed E-state index contributed by atoms with van der Waals surface area (Å²) in [5, 5.41) is 10.8. The minimum absolute atomic E-state index is 0.0301. The summed E-state index contributed by atoms with van der Waals surface area (Å²) in [6.07, 6.45) is 4.34. The summed E-state index contributed by atoms with van der Waals surface area (Å²) in [5.74, 6) is -1.73. The Morgan fingerprint density at radius 3 is 2.15 bits per heavy atom. The van der Waals surface area contributed by atoms with Crippen LogP contribution in [0.5, 0.6) is 0 Å². The molecule has 2 N–H and O–H groups in total. The number of hydrogen-bond acceptors (Lipinski definition) is 7. The summed E-state index contributed by atoms with van der Waals surface area (Å²) < 4.78 is 10.5. The van der Waals surface area contributed by atoms with Crippen molar-refractivity contribution in [3.05, 3.63) is 76.0 Å². The maximum absolute atomic E-state index is 13.1. The number of rotatable bonds is 9. The number of aliphatic hydroxyl groups excluding tert-OH is 1. The zero-order chi connectivity index (χ0) is 25.2. The second-order valence-corrected chi connectivity index (χ2v) is 8.03. The molecule has 0 unspecified atom stereocenters. The van der Waals surface area contributed by atoms with E-state index in [0.717, 1.165) is 0 Å². The number of H-pyrrole nitrogens is 1. The Balaban J connectivity index is 1.97. The van der Waals surface area contributed by atoms with Crippen molar-refractivity contribution >= 4 is 29.0 Å². The van der Waals surface area contributed by atoms with E-state index in [4.69, 9.17) is 9.47 Å². The third-order valence-corrected chi connectivity index (χ3v) is 5.74. The van der Waals surface area contributed by atoms with E-state index >= 15 is 0 Å². The van der Waals surface area contributed by atoms with E-state index in [1.54, 1.807) is 39.8 Å². The van der Waals surface area contributed by atoms with E-state index in [2.05, 4.69) is 23.1 Å². The lowest BCUT2D eigenvalue weighted by molar-refractivity contribution is -0.138. The molecule has 0 fully saturated rings. The lowest BCUT2D eigenvalue weighted by Gasteiger charge is -2.22. The first kappa shape index (κ1) is 24.7. The third kappa shape index (κ3) is 4.19. The van der Waals surface area contributed by atoms with Gasteiger partial charge in [0.05, 0.1) is 52.6 Å². The van der Waals surface area contributed by atoms with Crippen molar-refractivity contribution in [2.45, 2.75) is 40.5 Å². The molecule has 0 atom stereocenters. The van der Waals surface area contributed by atoms with Gasteiger partial charge in [-0.25, -0.2) is 9.59 Å². The molecule has 0 saturated carbocycles. The monoisotopic (exact) mass is 464 g/mol. The summed E-state index contributed by atoms with van der Waals surface area (Å²) in [7, 11) is 0. The van der Waals surface area contributed by atoms with Gasteiger partial charge >= 0.3 is 11.9 Å². The molecular formula is C26H28N2O6. The Kier molecular flexibility index (Phi) is 7.20. The van der Waals surface area contributed by atoms with E-state index in [-0.39, 0.29) is 41.4 Å². The zero-order valence-electron chi connectivity index (χ0n) is 19.8. The van der Waals surface area contributed by atoms with Crippen LogP contribution in [-0.4, -0.2) is 46.7 Å². The molecule has 8 heteroatoms. The van der Waals surface area contributed by atoms with Gasteiger partial charge in [0.25, 0.3) is 0 Å². The molecular weight excluding hydrogens is 436 g/mol. The van der Waals surface area contributed by atoms with Gasteiger partial charge in [-0.1, -0.05) is 12.2 Å². The molecule has 34 heavy (non-hydrogen) atoms. The fourth-order valence-electron chi connectivity index (χ4n) is 4.02. The Labute approximate surface area is 198 Å². The first-order valence-electron chi connectivity index (χ1n) is 10.9. The molecule has 0 bridgehead atoms. The van der Waals surface area contributed by atoms with Crippen LogP contribution >= 0.6 is 0 Å². The van der Waals surface area contributed by atoms with Crippen LogP contribution in [0.4, 0.5) is 0 Å². The van der Waals surface area contributed by atoms with Crippen LogP contribution in [0.1, 0.15) is 54.0 Å². The Bertz CT molecular complexity index is 1240. The number of aryl methyl sites for hydroxylation is 1. The highest BCUT2D eigenvalue weighted by Gasteiger charge is 2.42. The summed E-state index contributed by atoms with van der Waals surface area (Å²) in [4.78, 5) is 45.5. The van der Waals surface area contributed by atoms with Crippen LogP contribution < -0.4 is 0 Å². The Morgan fingerprint density at radius 2 is 1.59 bits per heavy atom. The van der Waals surface area contributed by atoms with Crippen LogP contribution in [0.15, 0.2) is 58.5 Å². The standard InChI is InChI=1S/C26H28N2O6/c1-7-9-11-33-25(31)17-13(3)21(27-15(17)5)19-23(29)20(24(19)30)22-14(4)18(16(6)28-22)26(32)34-12-10-8-2/h7-8,27,29H,1-2,9-12H2,3-6H3/b22-20-. The van der Waals surface area contributed by atoms with Crippen molar-refractivity contribution in [1.29, 1.82) is 0 Å². The van der Waals surface area contributed by atoms with Crippen LogP contribution in [0.25, 0.3) is 5.57 Å². The third-order valence-electron chi connectivity index (χ3n) is 5.74. The lowest BCUT2D eigenvalue weighted by atomic mass is 9.82. The smallest absolute Gasteiger partial charge is 0.340 e. The number of allylic oxidation sites excluding steroid dienone is 3. The molecule has 3 rings (SSSR count). The van der Waals surface area contributed by atoms with E-state index in [1.807, 2.05) is 0 Å². The number of hydrogen-bond donors (Lipinski definition) is 2. The molecule has 0 radical (unpaired) electrons. The first-order valence-corrected chi connectivity index (χ1v) is 10.9. The second kappa shape index (κ2) is 9.91. The van der Waals surface area contributed by atoms with Crippen molar-refractivity contribution in [1.82, 2.24) is 4.98 Å². The van der Waals surface area contributed by atoms with E-state index in [0.29, 0.717) is 46.6 Å². The number of ether oxygens (including phenoxy) is 2. The van der Waals surface area contributed by atoms with Gasteiger partial charge < -0.3 is 19.6 Å². The number of carbonyl (C=O) groups is 3. The topological polar surface area (TPSA) is 118 Å². The van der Waals surface area contributed by atoms with E-state index < -0.39 is 17.7 Å². The maximum Gasteiger partial charge on any atom is 0.340 e. The highest BCUT2D eigenvalue weighted by Crippen LogP contribution is 2.43. The van der Waals surface area contributed by atoms with Crippen molar-refractivity contribution in [3.63, 3.8) is 0 Å². The highest BCUT2D eigenvalue weighted by molar-refractivity contribution is 6.40. The average Bonchev–Trinajstić information content (AvgIpc) is 3.22. The molecule has 178 valence electrons. The predicted octanol–water partition coefficient (Wildman–Crippen LogP) is 4.38. The molecule has 1 aliphatic carbocycles. The molecule has 0 aromatic carbocycles. The van der Waals surface area contributed by atoms with Gasteiger partial charge in [0.1, 0.15) is 5.76 Å². The van der Waals surface area contributed by atoms with Crippen LogP contribution in [0.3, 0.4) is 0 Å². The number of aliphatic hydroxyl groups is 1. The van der Waals surface area contributed by atoms with Gasteiger partial charge in [0, 0.05) is 5.69 Å². The van der Waals surface area contributed by atoms with Crippen LogP contribution in [0, 0.1) is 13.8 Å². The molecule has 2 heterocycles. The number of carbonyl (C=O) groups excluding carboxylic acids is 3.